The van der Waals surface area contributed by atoms with Crippen molar-refractivity contribution in [1.82, 2.24) is 3.80 Å². The van der Waals surface area contributed by atoms with E-state index in [2.05, 4.69) is 92.2 Å². The van der Waals surface area contributed by atoms with Crippen LogP contribution in [0.1, 0.15) is 53.4 Å². The first kappa shape index (κ1) is 28.1. The zero-order valence-corrected chi connectivity index (χ0v) is 24.2. The number of halogens is 2. The van der Waals surface area contributed by atoms with Gasteiger partial charge in [-0.25, -0.2) is 0 Å². The van der Waals surface area contributed by atoms with Crippen LogP contribution in [0.15, 0.2) is 81.3 Å². The number of allylic oxidation sites excluding steroid dienone is 4. The van der Waals surface area contributed by atoms with Crippen LogP contribution in [0.25, 0.3) is 0 Å². The van der Waals surface area contributed by atoms with E-state index >= 15 is 0 Å². The summed E-state index contributed by atoms with van der Waals surface area (Å²) in [7, 11) is 0. The fraction of sp³-hybridized carbons (Fsp3) is 0.370. The number of carbonyl (C=O) groups is 1. The number of nitrogens with one attached hydrogen (secondary N) is 1. The Hall–Kier alpha value is -1.10. The average Bonchev–Trinajstić information content (AvgIpc) is 3.40. The zero-order valence-electron chi connectivity index (χ0n) is 20.0. The molecular formula is C27H34Cl2NOSiTi. The topological polar surface area (TPSA) is 29.1 Å². The van der Waals surface area contributed by atoms with Gasteiger partial charge in [0, 0.05) is 0 Å². The van der Waals surface area contributed by atoms with Gasteiger partial charge in [0.2, 0.25) is 0 Å². The summed E-state index contributed by atoms with van der Waals surface area (Å²) in [4.78, 5) is 13.5. The minimum atomic E-state index is -2.16. The second-order valence-corrected chi connectivity index (χ2v) is 19.0. The van der Waals surface area contributed by atoms with Crippen LogP contribution in [0, 0.1) is 11.8 Å². The normalized spacial score (nSPS) is 18.3. The minimum absolute atomic E-state index is 0. The summed E-state index contributed by atoms with van der Waals surface area (Å²) >= 11 is -2.16. The molecule has 2 aromatic carbocycles. The fourth-order valence-electron chi connectivity index (χ4n) is 5.33. The van der Waals surface area contributed by atoms with Gasteiger partial charge in [-0.05, 0) is 0 Å². The Morgan fingerprint density at radius 2 is 1.33 bits per heavy atom. The van der Waals surface area contributed by atoms with Gasteiger partial charge in [0.05, 0.1) is 0 Å². The summed E-state index contributed by atoms with van der Waals surface area (Å²) in [5.74, 6) is 1.00. The van der Waals surface area contributed by atoms with Gasteiger partial charge < -0.3 is 24.8 Å². The molecule has 0 radical (unpaired) electrons. The van der Waals surface area contributed by atoms with E-state index in [1.54, 1.807) is 3.88 Å². The molecule has 0 spiro atoms. The predicted octanol–water partition coefficient (Wildman–Crippen LogP) is -1.37. The van der Waals surface area contributed by atoms with Crippen molar-refractivity contribution in [2.75, 3.05) is 0 Å². The maximum atomic E-state index is 13.5. The van der Waals surface area contributed by atoms with Crippen molar-refractivity contribution in [3.05, 3.63) is 81.3 Å². The molecule has 0 saturated heterocycles. The third-order valence-corrected chi connectivity index (χ3v) is 20.8. The Kier molecular flexibility index (Phi) is 10.7. The third kappa shape index (κ3) is 5.94. The molecule has 1 saturated carbocycles. The van der Waals surface area contributed by atoms with Gasteiger partial charge >= 0.3 is 195 Å². The fourth-order valence-corrected chi connectivity index (χ4v) is 20.6. The first-order chi connectivity index (χ1) is 15.0. The van der Waals surface area contributed by atoms with Crippen molar-refractivity contribution in [2.45, 2.75) is 53.4 Å². The molecule has 0 heterocycles. The Labute approximate surface area is 219 Å². The van der Waals surface area contributed by atoms with Crippen molar-refractivity contribution < 1.29 is 47.0 Å². The van der Waals surface area contributed by atoms with Crippen molar-refractivity contribution in [1.29, 1.82) is 0 Å². The van der Waals surface area contributed by atoms with E-state index in [1.807, 2.05) is 0 Å². The van der Waals surface area contributed by atoms with E-state index in [9.17, 15) is 4.79 Å². The molecule has 33 heavy (non-hydrogen) atoms. The van der Waals surface area contributed by atoms with Crippen LogP contribution in [-0.4, -0.2) is 12.6 Å². The first-order valence-electron chi connectivity index (χ1n) is 11.7. The Balaban J connectivity index is 0.00000193. The summed E-state index contributed by atoms with van der Waals surface area (Å²) in [5.41, 5.74) is 4.38. The van der Waals surface area contributed by atoms with Gasteiger partial charge in [-0.2, -0.15) is 0 Å². The molecule has 1 unspecified atom stereocenters. The summed E-state index contributed by atoms with van der Waals surface area (Å²) in [6, 6.07) is 22.1. The average molecular weight is 535 g/mol. The maximum absolute atomic E-state index is 13.5. The number of amides is 1. The Morgan fingerprint density at radius 1 is 0.848 bits per heavy atom. The number of carbonyl (C=O) groups excluding carboxylic acids is 1. The van der Waals surface area contributed by atoms with Crippen LogP contribution in [0.5, 0.6) is 0 Å². The predicted molar refractivity (Wildman–Crippen MR) is 130 cm³/mol. The molecule has 175 valence electrons. The van der Waals surface area contributed by atoms with Crippen LogP contribution < -0.4 is 39.0 Å². The van der Waals surface area contributed by atoms with Crippen LogP contribution in [0.4, 0.5) is 0 Å². The van der Waals surface area contributed by atoms with Gasteiger partial charge in [-0.3, -0.25) is 0 Å². The number of hydrogen-bond acceptors (Lipinski definition) is 1. The smallest absolute Gasteiger partial charge is 1.00 e. The van der Waals surface area contributed by atoms with Crippen LogP contribution in [0.3, 0.4) is 0 Å². The van der Waals surface area contributed by atoms with Crippen LogP contribution in [0.2, 0.25) is 0 Å². The minimum Gasteiger partial charge on any atom is -1.00 e. The van der Waals surface area contributed by atoms with E-state index in [0.717, 1.165) is 12.8 Å². The SMILES string of the molecule is CC1=C(C)C(C)[C]([Ti+2]([NH]C(=O)C2CCCC2)[SiH](c2ccccc2)c2ccccc2)=C1C.[Cl-].[Cl-]. The van der Waals surface area contributed by atoms with Gasteiger partial charge in [0.1, 0.15) is 0 Å². The summed E-state index contributed by atoms with van der Waals surface area (Å²) in [5, 5.41) is 2.93. The Morgan fingerprint density at radius 3 is 1.76 bits per heavy atom. The number of benzene rings is 2. The first-order valence-corrected chi connectivity index (χ1v) is 17.6. The van der Waals surface area contributed by atoms with E-state index < -0.39 is 24.0 Å². The molecule has 6 heteroatoms. The molecule has 1 N–H and O–H groups in total. The van der Waals surface area contributed by atoms with Crippen molar-refractivity contribution >= 4 is 22.9 Å². The molecule has 1 fully saturated rings. The van der Waals surface area contributed by atoms with Gasteiger partial charge in [-0.15, -0.1) is 0 Å². The molecule has 1 amide bonds. The molecule has 2 aromatic rings. The third-order valence-electron chi connectivity index (χ3n) is 7.47. The van der Waals surface area contributed by atoms with E-state index in [1.165, 1.54) is 39.9 Å². The van der Waals surface area contributed by atoms with Gasteiger partial charge in [0.25, 0.3) is 0 Å². The van der Waals surface area contributed by atoms with E-state index in [-0.39, 0.29) is 30.7 Å². The number of rotatable bonds is 6. The van der Waals surface area contributed by atoms with Crippen molar-refractivity contribution in [3.8, 4) is 0 Å². The number of hydrogen-bond donors (Lipinski definition) is 1. The monoisotopic (exact) mass is 534 g/mol. The van der Waals surface area contributed by atoms with E-state index in [4.69, 9.17) is 0 Å². The molecule has 1 atom stereocenters. The van der Waals surface area contributed by atoms with Crippen molar-refractivity contribution in [3.63, 3.8) is 0 Å². The van der Waals surface area contributed by atoms with Gasteiger partial charge in [0.15, 0.2) is 0 Å². The maximum Gasteiger partial charge on any atom is -1.00 e. The second-order valence-electron chi connectivity index (χ2n) is 9.21. The molecule has 0 aliphatic heterocycles. The largest absolute Gasteiger partial charge is 1.00 e. The van der Waals surface area contributed by atoms with Crippen molar-refractivity contribution in [2.24, 2.45) is 11.8 Å². The molecule has 0 aromatic heterocycles. The second kappa shape index (κ2) is 12.6. The van der Waals surface area contributed by atoms with Gasteiger partial charge in [-0.1, -0.05) is 0 Å². The summed E-state index contributed by atoms with van der Waals surface area (Å²) in [6.07, 6.45) is 4.52. The van der Waals surface area contributed by atoms with E-state index in [0.29, 0.717) is 11.8 Å². The molecule has 2 aliphatic rings. The molecule has 2 aliphatic carbocycles. The standard InChI is InChI=1S/C12H11Si.C9H13.C6H11NO.2ClH.Ti/c1-3-7-11(8-4-1)13-12-9-5-2-6-10-12;1-6-5-7(2)9(4)8(6)3;7-6(8)5-3-1-2-4-5;;;/h1-10,13H;6H,1-4H3;5H,1-4H2,(H2,7,8);2*1H;/q;;;;;+3/p-3. The van der Waals surface area contributed by atoms with Crippen LogP contribution >= 0.6 is 0 Å². The molecule has 2 nitrogen and oxygen atoms in total. The Bertz CT molecular complexity index is 964. The quantitative estimate of drug-likeness (QED) is 0.455. The molecule has 4 rings (SSSR count). The van der Waals surface area contributed by atoms with Crippen LogP contribution in [-0.2, 0) is 22.2 Å². The molecule has 0 bridgehead atoms. The summed E-state index contributed by atoms with van der Waals surface area (Å²) < 4.78 is 5.41. The summed E-state index contributed by atoms with van der Waals surface area (Å²) in [6.45, 7) is 7.62. The zero-order chi connectivity index (χ0) is 22.0. The molecular weight excluding hydrogens is 501 g/mol.